The van der Waals surface area contributed by atoms with Gasteiger partial charge in [0.2, 0.25) is 0 Å². The molecule has 2 rings (SSSR count). The molecule has 0 N–H and O–H groups in total. The largest absolute Gasteiger partial charge is 0.277 e. The summed E-state index contributed by atoms with van der Waals surface area (Å²) in [7, 11) is 0. The second-order valence-electron chi connectivity index (χ2n) is 4.04. The number of aromatic nitrogens is 3. The molecule has 1 atom stereocenters. The van der Waals surface area contributed by atoms with E-state index in [0.29, 0.717) is 5.25 Å². The van der Waals surface area contributed by atoms with Crippen LogP contribution < -0.4 is 0 Å². The summed E-state index contributed by atoms with van der Waals surface area (Å²) in [5, 5.41) is 9.74. The molecular weight excluding hydrogens is 230 g/mol. The molecule has 0 saturated carbocycles. The van der Waals surface area contributed by atoms with Gasteiger partial charge in [0.05, 0.1) is 0 Å². The van der Waals surface area contributed by atoms with Gasteiger partial charge in [0.15, 0.2) is 5.16 Å². The Hall–Kier alpha value is -1.29. The minimum atomic E-state index is 0.576. The van der Waals surface area contributed by atoms with Gasteiger partial charge in [-0.05, 0) is 18.6 Å². The van der Waals surface area contributed by atoms with E-state index >= 15 is 0 Å². The summed E-state index contributed by atoms with van der Waals surface area (Å²) in [4.78, 5) is 0. The molecule has 3 nitrogen and oxygen atoms in total. The lowest BCUT2D eigenvalue weighted by Crippen LogP contribution is -2.00. The van der Waals surface area contributed by atoms with Crippen molar-refractivity contribution in [1.29, 1.82) is 0 Å². The monoisotopic (exact) mass is 247 g/mol. The minimum absolute atomic E-state index is 0.576. The third kappa shape index (κ3) is 3.09. The first-order valence-corrected chi connectivity index (χ1v) is 6.81. The van der Waals surface area contributed by atoms with Crippen LogP contribution in [0.2, 0.25) is 0 Å². The molecule has 0 spiro atoms. The summed E-state index contributed by atoms with van der Waals surface area (Å²) < 4.78 is 2.04. The Morgan fingerprint density at radius 1 is 1.29 bits per heavy atom. The van der Waals surface area contributed by atoms with E-state index < -0.39 is 0 Å². The third-order valence-corrected chi connectivity index (χ3v) is 3.68. The van der Waals surface area contributed by atoms with Gasteiger partial charge in [-0.3, -0.25) is 4.57 Å². The molecule has 1 aromatic carbocycles. The Morgan fingerprint density at radius 3 is 2.76 bits per heavy atom. The third-order valence-electron chi connectivity index (χ3n) is 2.55. The van der Waals surface area contributed by atoms with Crippen molar-refractivity contribution in [1.82, 2.24) is 14.8 Å². The number of hydrogen-bond acceptors (Lipinski definition) is 3. The summed E-state index contributed by atoms with van der Waals surface area (Å²) >= 11 is 1.79. The summed E-state index contributed by atoms with van der Waals surface area (Å²) in [5.41, 5.74) is 1.11. The van der Waals surface area contributed by atoms with Crippen LogP contribution in [0.15, 0.2) is 41.8 Å². The van der Waals surface area contributed by atoms with Crippen LogP contribution in [-0.2, 0) is 0 Å². The maximum absolute atomic E-state index is 4.19. The van der Waals surface area contributed by atoms with Gasteiger partial charge in [-0.2, -0.15) is 0 Å². The quantitative estimate of drug-likeness (QED) is 0.757. The molecular formula is C13H17N3S. The molecule has 0 radical (unpaired) electrons. The molecule has 2 aromatic rings. The van der Waals surface area contributed by atoms with Crippen molar-refractivity contribution in [3.63, 3.8) is 0 Å². The maximum Gasteiger partial charge on any atom is 0.195 e. The van der Waals surface area contributed by atoms with Gasteiger partial charge in [-0.15, -0.1) is 10.2 Å². The molecule has 0 amide bonds. The molecule has 0 unspecified atom stereocenters. The van der Waals surface area contributed by atoms with Crippen LogP contribution in [0.3, 0.4) is 0 Å². The van der Waals surface area contributed by atoms with Crippen LogP contribution in [0, 0.1) is 0 Å². The zero-order chi connectivity index (χ0) is 12.1. The van der Waals surface area contributed by atoms with Gasteiger partial charge in [-0.1, -0.05) is 50.2 Å². The average molecular weight is 247 g/mol. The Bertz CT molecular complexity index is 453. The van der Waals surface area contributed by atoms with Crippen LogP contribution in [0.5, 0.6) is 0 Å². The second-order valence-corrected chi connectivity index (χ2v) is 5.44. The Balaban J connectivity index is 2.18. The van der Waals surface area contributed by atoms with E-state index in [2.05, 4.69) is 36.2 Å². The fraction of sp³-hybridized carbons (Fsp3) is 0.385. The van der Waals surface area contributed by atoms with Gasteiger partial charge in [0.25, 0.3) is 0 Å². The highest BCUT2D eigenvalue weighted by atomic mass is 32.2. The van der Waals surface area contributed by atoms with Crippen molar-refractivity contribution in [2.24, 2.45) is 0 Å². The summed E-state index contributed by atoms with van der Waals surface area (Å²) in [6.45, 7) is 4.44. The molecule has 1 heterocycles. The molecule has 1 aromatic heterocycles. The summed E-state index contributed by atoms with van der Waals surface area (Å²) in [5.74, 6) is 0. The van der Waals surface area contributed by atoms with Crippen LogP contribution in [0.25, 0.3) is 5.69 Å². The van der Waals surface area contributed by atoms with Crippen molar-refractivity contribution in [3.8, 4) is 5.69 Å². The second kappa shape index (κ2) is 5.87. The van der Waals surface area contributed by atoms with Crippen molar-refractivity contribution >= 4 is 11.8 Å². The SMILES string of the molecule is CCC[C@H](C)Sc1nncn1-c1ccccc1. The molecule has 90 valence electrons. The lowest BCUT2D eigenvalue weighted by Gasteiger charge is -2.10. The van der Waals surface area contributed by atoms with Gasteiger partial charge in [-0.25, -0.2) is 0 Å². The zero-order valence-corrected chi connectivity index (χ0v) is 11.0. The molecule has 0 fully saturated rings. The Morgan fingerprint density at radius 2 is 2.06 bits per heavy atom. The first-order chi connectivity index (χ1) is 8.31. The fourth-order valence-corrected chi connectivity index (χ4v) is 2.79. The predicted molar refractivity (Wildman–Crippen MR) is 71.6 cm³/mol. The van der Waals surface area contributed by atoms with Gasteiger partial charge >= 0.3 is 0 Å². The first-order valence-electron chi connectivity index (χ1n) is 5.93. The minimum Gasteiger partial charge on any atom is -0.277 e. The maximum atomic E-state index is 4.19. The van der Waals surface area contributed by atoms with Gasteiger partial charge in [0.1, 0.15) is 6.33 Å². The zero-order valence-electron chi connectivity index (χ0n) is 10.2. The van der Waals surface area contributed by atoms with Crippen molar-refractivity contribution in [3.05, 3.63) is 36.7 Å². The van der Waals surface area contributed by atoms with E-state index in [4.69, 9.17) is 0 Å². The topological polar surface area (TPSA) is 30.7 Å². The standard InChI is InChI=1S/C13H17N3S/c1-3-7-11(2)17-13-15-14-10-16(13)12-8-5-4-6-9-12/h4-6,8-11H,3,7H2,1-2H3/t11-/m0/s1. The molecule has 0 saturated heterocycles. The number of thioether (sulfide) groups is 1. The highest BCUT2D eigenvalue weighted by Crippen LogP contribution is 2.25. The lowest BCUT2D eigenvalue weighted by molar-refractivity contribution is 0.777. The van der Waals surface area contributed by atoms with Crippen molar-refractivity contribution < 1.29 is 0 Å². The van der Waals surface area contributed by atoms with Crippen LogP contribution in [0.1, 0.15) is 26.7 Å². The number of nitrogens with zero attached hydrogens (tertiary/aromatic N) is 3. The van der Waals surface area contributed by atoms with Crippen LogP contribution >= 0.6 is 11.8 Å². The Labute approximate surface area is 106 Å². The highest BCUT2D eigenvalue weighted by molar-refractivity contribution is 7.99. The molecule has 17 heavy (non-hydrogen) atoms. The van der Waals surface area contributed by atoms with E-state index in [9.17, 15) is 0 Å². The van der Waals surface area contributed by atoms with Crippen molar-refractivity contribution in [2.45, 2.75) is 37.1 Å². The number of para-hydroxylation sites is 1. The van der Waals surface area contributed by atoms with Crippen molar-refractivity contribution in [2.75, 3.05) is 0 Å². The number of hydrogen-bond donors (Lipinski definition) is 0. The molecule has 0 aliphatic rings. The van der Waals surface area contributed by atoms with Crippen LogP contribution in [0.4, 0.5) is 0 Å². The first kappa shape index (κ1) is 12.2. The van der Waals surface area contributed by atoms with E-state index in [0.717, 1.165) is 10.8 Å². The van der Waals surface area contributed by atoms with Gasteiger partial charge in [0, 0.05) is 10.9 Å². The summed E-state index contributed by atoms with van der Waals surface area (Å²) in [6, 6.07) is 10.2. The van der Waals surface area contributed by atoms with E-state index in [1.165, 1.54) is 12.8 Å². The van der Waals surface area contributed by atoms with E-state index in [-0.39, 0.29) is 0 Å². The normalized spacial score (nSPS) is 12.6. The fourth-order valence-electron chi connectivity index (χ4n) is 1.72. The van der Waals surface area contributed by atoms with E-state index in [1.54, 1.807) is 18.1 Å². The molecule has 0 bridgehead atoms. The van der Waals surface area contributed by atoms with Gasteiger partial charge < -0.3 is 0 Å². The number of benzene rings is 1. The Kier molecular flexibility index (Phi) is 4.20. The average Bonchev–Trinajstić information content (AvgIpc) is 2.78. The summed E-state index contributed by atoms with van der Waals surface area (Å²) in [6.07, 6.45) is 4.18. The van der Waals surface area contributed by atoms with E-state index in [1.807, 2.05) is 22.8 Å². The highest BCUT2D eigenvalue weighted by Gasteiger charge is 2.10. The lowest BCUT2D eigenvalue weighted by atomic mass is 10.3. The predicted octanol–water partition coefficient (Wildman–Crippen LogP) is 3.55. The smallest absolute Gasteiger partial charge is 0.195 e. The van der Waals surface area contributed by atoms with Crippen LogP contribution in [-0.4, -0.2) is 20.0 Å². The molecule has 0 aliphatic heterocycles. The number of rotatable bonds is 5. The molecule has 0 aliphatic carbocycles. The molecule has 4 heteroatoms.